The Hall–Kier alpha value is -1.97. The van der Waals surface area contributed by atoms with Crippen LogP contribution in [0, 0.1) is 0 Å². The van der Waals surface area contributed by atoms with Gasteiger partial charge in [0, 0.05) is 18.5 Å². The number of amides is 1. The number of nitrogens with two attached hydrogens (primary N) is 1. The number of hydrogen-bond acceptors (Lipinski definition) is 2. The van der Waals surface area contributed by atoms with Crippen molar-refractivity contribution in [3.8, 4) is 0 Å². The summed E-state index contributed by atoms with van der Waals surface area (Å²) in [5.74, 6) is 0.0995. The minimum absolute atomic E-state index is 0.0995. The summed E-state index contributed by atoms with van der Waals surface area (Å²) in [6, 6.07) is 7.65. The molecule has 2 heterocycles. The van der Waals surface area contributed by atoms with E-state index in [1.54, 1.807) is 0 Å². The van der Waals surface area contributed by atoms with Crippen molar-refractivity contribution in [2.75, 3.05) is 18.8 Å². The Morgan fingerprint density at radius 3 is 2.50 bits per heavy atom. The smallest absolute Gasteiger partial charge is 0.270 e. The molecular formula is C16H21N3O. The maximum absolute atomic E-state index is 12.6. The summed E-state index contributed by atoms with van der Waals surface area (Å²) in [4.78, 5) is 17.8. The van der Waals surface area contributed by atoms with E-state index in [1.807, 2.05) is 29.2 Å². The standard InChI is InChI=1S/C16H21N3O/c17-13-8-6-7-12-11-14(18-15(12)13)16(20)19-9-4-2-1-3-5-10-19/h6-8,11,18H,1-5,9-10,17H2. The molecule has 0 radical (unpaired) electrons. The Labute approximate surface area is 118 Å². The number of nitrogen functional groups attached to an aromatic ring is 1. The number of aromatic nitrogens is 1. The number of hydrogen-bond donors (Lipinski definition) is 2. The van der Waals surface area contributed by atoms with E-state index < -0.39 is 0 Å². The van der Waals surface area contributed by atoms with Crippen LogP contribution in [0.25, 0.3) is 10.9 Å². The van der Waals surface area contributed by atoms with E-state index in [1.165, 1.54) is 19.3 Å². The number of carbonyl (C=O) groups excluding carboxylic acids is 1. The molecule has 3 rings (SSSR count). The number of benzene rings is 1. The number of H-pyrrole nitrogens is 1. The molecule has 1 saturated heterocycles. The van der Waals surface area contributed by atoms with Gasteiger partial charge in [0.1, 0.15) is 5.69 Å². The number of rotatable bonds is 1. The van der Waals surface area contributed by atoms with Gasteiger partial charge in [0.2, 0.25) is 0 Å². The highest BCUT2D eigenvalue weighted by Gasteiger charge is 2.18. The third-order valence-corrected chi connectivity index (χ3v) is 4.06. The van der Waals surface area contributed by atoms with Crippen LogP contribution in [0.5, 0.6) is 0 Å². The zero-order chi connectivity index (χ0) is 13.9. The second-order valence-electron chi connectivity index (χ2n) is 5.55. The molecule has 2 aromatic rings. The lowest BCUT2D eigenvalue weighted by Crippen LogP contribution is -2.34. The fourth-order valence-electron chi connectivity index (χ4n) is 2.92. The van der Waals surface area contributed by atoms with E-state index in [4.69, 9.17) is 5.73 Å². The highest BCUT2D eigenvalue weighted by Crippen LogP contribution is 2.22. The molecule has 4 nitrogen and oxygen atoms in total. The lowest BCUT2D eigenvalue weighted by molar-refractivity contribution is 0.0737. The minimum Gasteiger partial charge on any atom is -0.397 e. The average Bonchev–Trinajstić information content (AvgIpc) is 2.83. The number of anilines is 1. The van der Waals surface area contributed by atoms with Gasteiger partial charge in [-0.25, -0.2) is 0 Å². The topological polar surface area (TPSA) is 62.1 Å². The Bertz CT molecular complexity index is 609. The lowest BCUT2D eigenvalue weighted by atomic mass is 10.1. The third kappa shape index (κ3) is 2.50. The monoisotopic (exact) mass is 271 g/mol. The summed E-state index contributed by atoms with van der Waals surface area (Å²) < 4.78 is 0. The van der Waals surface area contributed by atoms with Crippen LogP contribution in [0.15, 0.2) is 24.3 Å². The predicted octanol–water partition coefficient (Wildman–Crippen LogP) is 3.16. The van der Waals surface area contributed by atoms with Crippen LogP contribution in [0.4, 0.5) is 5.69 Å². The van der Waals surface area contributed by atoms with Crippen molar-refractivity contribution >= 4 is 22.5 Å². The first kappa shape index (κ1) is 13.0. The summed E-state index contributed by atoms with van der Waals surface area (Å²) in [5.41, 5.74) is 8.14. The van der Waals surface area contributed by atoms with Crippen molar-refractivity contribution < 1.29 is 4.79 Å². The first-order chi connectivity index (χ1) is 9.75. The van der Waals surface area contributed by atoms with E-state index in [0.717, 1.165) is 36.8 Å². The van der Waals surface area contributed by atoms with Crippen LogP contribution >= 0.6 is 0 Å². The molecule has 0 saturated carbocycles. The van der Waals surface area contributed by atoms with Crippen molar-refractivity contribution in [3.63, 3.8) is 0 Å². The number of nitrogens with zero attached hydrogens (tertiary/aromatic N) is 1. The molecule has 1 amide bonds. The van der Waals surface area contributed by atoms with Gasteiger partial charge >= 0.3 is 0 Å². The van der Waals surface area contributed by atoms with Gasteiger partial charge in [-0.15, -0.1) is 0 Å². The van der Waals surface area contributed by atoms with E-state index >= 15 is 0 Å². The molecule has 106 valence electrons. The number of carbonyl (C=O) groups is 1. The number of para-hydroxylation sites is 1. The summed E-state index contributed by atoms with van der Waals surface area (Å²) in [5, 5.41) is 1.00. The SMILES string of the molecule is Nc1cccc2cc(C(=O)N3CCCCCCC3)[nH]c12. The molecule has 20 heavy (non-hydrogen) atoms. The summed E-state index contributed by atoms with van der Waals surface area (Å²) in [7, 11) is 0. The molecule has 1 fully saturated rings. The Kier molecular flexibility index (Phi) is 3.63. The number of fused-ring (bicyclic) bond motifs is 1. The fourth-order valence-corrected chi connectivity index (χ4v) is 2.92. The maximum atomic E-state index is 12.6. The Morgan fingerprint density at radius 1 is 1.10 bits per heavy atom. The molecule has 4 heteroatoms. The third-order valence-electron chi connectivity index (χ3n) is 4.06. The van der Waals surface area contributed by atoms with Crippen LogP contribution < -0.4 is 5.73 Å². The molecule has 1 aromatic heterocycles. The van der Waals surface area contributed by atoms with E-state index in [0.29, 0.717) is 11.4 Å². The molecule has 0 unspecified atom stereocenters. The van der Waals surface area contributed by atoms with Gasteiger partial charge in [-0.2, -0.15) is 0 Å². The number of likely N-dealkylation sites (tertiary alicyclic amines) is 1. The maximum Gasteiger partial charge on any atom is 0.270 e. The largest absolute Gasteiger partial charge is 0.397 e. The highest BCUT2D eigenvalue weighted by atomic mass is 16.2. The molecule has 0 atom stereocenters. The molecule has 3 N–H and O–H groups in total. The van der Waals surface area contributed by atoms with Crippen molar-refractivity contribution in [3.05, 3.63) is 30.0 Å². The lowest BCUT2D eigenvalue weighted by Gasteiger charge is -2.24. The van der Waals surface area contributed by atoms with Crippen molar-refractivity contribution in [1.82, 2.24) is 9.88 Å². The number of nitrogens with one attached hydrogen (secondary N) is 1. The van der Waals surface area contributed by atoms with E-state index in [-0.39, 0.29) is 5.91 Å². The average molecular weight is 271 g/mol. The zero-order valence-corrected chi connectivity index (χ0v) is 11.7. The van der Waals surface area contributed by atoms with Gasteiger partial charge < -0.3 is 15.6 Å². The minimum atomic E-state index is 0.0995. The summed E-state index contributed by atoms with van der Waals surface area (Å²) in [6.45, 7) is 1.73. The normalized spacial score (nSPS) is 16.9. The van der Waals surface area contributed by atoms with Gasteiger partial charge in [0.25, 0.3) is 5.91 Å². The molecule has 1 aliphatic rings. The molecule has 1 aromatic carbocycles. The van der Waals surface area contributed by atoms with Gasteiger partial charge in [0.05, 0.1) is 11.2 Å². The van der Waals surface area contributed by atoms with Crippen LogP contribution in [-0.2, 0) is 0 Å². The zero-order valence-electron chi connectivity index (χ0n) is 11.7. The van der Waals surface area contributed by atoms with Gasteiger partial charge in [0.15, 0.2) is 0 Å². The van der Waals surface area contributed by atoms with Gasteiger partial charge in [-0.05, 0) is 25.0 Å². The van der Waals surface area contributed by atoms with Crippen molar-refractivity contribution in [2.24, 2.45) is 0 Å². The van der Waals surface area contributed by atoms with E-state index in [9.17, 15) is 4.79 Å². The summed E-state index contributed by atoms with van der Waals surface area (Å²) >= 11 is 0. The Balaban J connectivity index is 1.85. The fraction of sp³-hybridized carbons (Fsp3) is 0.438. The van der Waals surface area contributed by atoms with Gasteiger partial charge in [-0.3, -0.25) is 4.79 Å². The second kappa shape index (κ2) is 5.57. The molecule has 0 spiro atoms. The van der Waals surface area contributed by atoms with Crippen LogP contribution in [0.3, 0.4) is 0 Å². The quantitative estimate of drug-likeness (QED) is 0.783. The molecule has 0 bridgehead atoms. The Morgan fingerprint density at radius 2 is 1.80 bits per heavy atom. The number of aromatic amines is 1. The molecule has 1 aliphatic heterocycles. The van der Waals surface area contributed by atoms with Crippen molar-refractivity contribution in [2.45, 2.75) is 32.1 Å². The predicted molar refractivity (Wildman–Crippen MR) is 81.7 cm³/mol. The summed E-state index contributed by atoms with van der Waals surface area (Å²) in [6.07, 6.45) is 5.96. The highest BCUT2D eigenvalue weighted by molar-refractivity contribution is 6.00. The van der Waals surface area contributed by atoms with Gasteiger partial charge in [-0.1, -0.05) is 31.4 Å². The molecular weight excluding hydrogens is 250 g/mol. The van der Waals surface area contributed by atoms with Crippen LogP contribution in [-0.4, -0.2) is 28.9 Å². The second-order valence-corrected chi connectivity index (χ2v) is 5.55. The molecule has 0 aliphatic carbocycles. The van der Waals surface area contributed by atoms with E-state index in [2.05, 4.69) is 4.98 Å². The van der Waals surface area contributed by atoms with Crippen molar-refractivity contribution in [1.29, 1.82) is 0 Å². The first-order valence-corrected chi connectivity index (χ1v) is 7.42. The van der Waals surface area contributed by atoms with Crippen LogP contribution in [0.2, 0.25) is 0 Å². The first-order valence-electron chi connectivity index (χ1n) is 7.42. The van der Waals surface area contributed by atoms with Crippen LogP contribution in [0.1, 0.15) is 42.6 Å².